The molecule has 128 valence electrons. The fourth-order valence-electron chi connectivity index (χ4n) is 2.99. The van der Waals surface area contributed by atoms with Crippen molar-refractivity contribution in [2.75, 3.05) is 13.1 Å². The molecular weight excluding hydrogens is 323 g/mol. The van der Waals surface area contributed by atoms with E-state index >= 15 is 0 Å². The molecule has 4 nitrogen and oxygen atoms in total. The minimum Gasteiger partial charge on any atom is -0.481 e. The molecule has 24 heavy (non-hydrogen) atoms. The maximum atomic E-state index is 13.2. The SMILES string of the molecule is O=C(O)C1(C(F)(F)F)CCN(Cc2ccc(-c3ccccc3)o2)C1. The molecule has 1 aromatic heterocycles. The molecule has 0 aliphatic carbocycles. The first-order chi connectivity index (χ1) is 11.3. The molecule has 1 N–H and O–H groups in total. The van der Waals surface area contributed by atoms with Crippen molar-refractivity contribution >= 4 is 5.97 Å². The second-order valence-corrected chi connectivity index (χ2v) is 5.98. The van der Waals surface area contributed by atoms with Gasteiger partial charge in [0, 0.05) is 18.7 Å². The van der Waals surface area contributed by atoms with Crippen LogP contribution in [0.4, 0.5) is 13.2 Å². The van der Waals surface area contributed by atoms with E-state index in [1.165, 1.54) is 4.90 Å². The number of halogens is 3. The van der Waals surface area contributed by atoms with E-state index in [0.717, 1.165) is 5.56 Å². The van der Waals surface area contributed by atoms with Crippen LogP contribution in [-0.4, -0.2) is 35.2 Å². The monoisotopic (exact) mass is 339 g/mol. The Morgan fingerprint density at radius 3 is 2.50 bits per heavy atom. The van der Waals surface area contributed by atoms with Gasteiger partial charge in [-0.3, -0.25) is 9.69 Å². The molecular formula is C17H16F3NO3. The van der Waals surface area contributed by atoms with Gasteiger partial charge in [0.1, 0.15) is 11.5 Å². The molecule has 1 aliphatic heterocycles. The minimum absolute atomic E-state index is 0.0627. The summed E-state index contributed by atoms with van der Waals surface area (Å²) in [5, 5.41) is 9.07. The van der Waals surface area contributed by atoms with Crippen molar-refractivity contribution in [3.8, 4) is 11.3 Å². The Morgan fingerprint density at radius 1 is 1.21 bits per heavy atom. The molecule has 1 unspecified atom stereocenters. The third kappa shape index (κ3) is 2.91. The number of carboxylic acid groups (broad SMARTS) is 1. The van der Waals surface area contributed by atoms with Crippen LogP contribution in [0.15, 0.2) is 46.9 Å². The number of hydrogen-bond acceptors (Lipinski definition) is 3. The summed E-state index contributed by atoms with van der Waals surface area (Å²) in [6, 6.07) is 12.8. The van der Waals surface area contributed by atoms with Crippen LogP contribution in [0.5, 0.6) is 0 Å². The maximum absolute atomic E-state index is 13.2. The third-order valence-electron chi connectivity index (χ3n) is 4.40. The molecule has 2 heterocycles. The summed E-state index contributed by atoms with van der Waals surface area (Å²) >= 11 is 0. The highest BCUT2D eigenvalue weighted by Gasteiger charge is 2.63. The fraction of sp³-hybridized carbons (Fsp3) is 0.353. The topological polar surface area (TPSA) is 53.7 Å². The Hall–Kier alpha value is -2.28. The van der Waals surface area contributed by atoms with Gasteiger partial charge in [-0.2, -0.15) is 13.2 Å². The van der Waals surface area contributed by atoms with E-state index < -0.39 is 30.5 Å². The van der Waals surface area contributed by atoms with E-state index in [2.05, 4.69) is 0 Å². The fourth-order valence-corrected chi connectivity index (χ4v) is 2.99. The second-order valence-electron chi connectivity index (χ2n) is 5.98. The van der Waals surface area contributed by atoms with Crippen LogP contribution in [0.3, 0.4) is 0 Å². The van der Waals surface area contributed by atoms with Crippen LogP contribution >= 0.6 is 0 Å². The molecule has 0 saturated carbocycles. The number of hydrogen-bond donors (Lipinski definition) is 1. The quantitative estimate of drug-likeness (QED) is 0.921. The zero-order chi connectivity index (χ0) is 17.4. The van der Waals surface area contributed by atoms with Gasteiger partial charge in [0.2, 0.25) is 0 Å². The number of carboxylic acids is 1. The lowest BCUT2D eigenvalue weighted by atomic mass is 9.86. The number of carbonyl (C=O) groups is 1. The number of aliphatic carboxylic acids is 1. The molecule has 0 amide bonds. The van der Waals surface area contributed by atoms with Crippen LogP contribution in [-0.2, 0) is 11.3 Å². The molecule has 7 heteroatoms. The lowest BCUT2D eigenvalue weighted by molar-refractivity contribution is -0.227. The van der Waals surface area contributed by atoms with Gasteiger partial charge in [0.15, 0.2) is 5.41 Å². The number of alkyl halides is 3. The van der Waals surface area contributed by atoms with Crippen molar-refractivity contribution in [3.05, 3.63) is 48.2 Å². The highest BCUT2D eigenvalue weighted by Crippen LogP contribution is 2.46. The Balaban J connectivity index is 1.72. The van der Waals surface area contributed by atoms with Crippen molar-refractivity contribution in [3.63, 3.8) is 0 Å². The van der Waals surface area contributed by atoms with Gasteiger partial charge in [-0.25, -0.2) is 0 Å². The lowest BCUT2D eigenvalue weighted by Gasteiger charge is -2.27. The predicted octanol–water partition coefficient (Wildman–Crippen LogP) is 3.79. The maximum Gasteiger partial charge on any atom is 0.406 e. The summed E-state index contributed by atoms with van der Waals surface area (Å²) < 4.78 is 45.2. The first kappa shape index (κ1) is 16.6. The van der Waals surface area contributed by atoms with Crippen LogP contribution < -0.4 is 0 Å². The highest BCUT2D eigenvalue weighted by molar-refractivity contribution is 5.76. The van der Waals surface area contributed by atoms with Crippen molar-refractivity contribution < 1.29 is 27.5 Å². The van der Waals surface area contributed by atoms with Crippen LogP contribution in [0.2, 0.25) is 0 Å². The average Bonchev–Trinajstić information content (AvgIpc) is 3.16. The normalized spacial score (nSPS) is 22.0. The molecule has 0 spiro atoms. The summed E-state index contributed by atoms with van der Waals surface area (Å²) in [7, 11) is 0. The number of nitrogens with zero attached hydrogens (tertiary/aromatic N) is 1. The van der Waals surface area contributed by atoms with Gasteiger partial charge >= 0.3 is 12.1 Å². The summed E-state index contributed by atoms with van der Waals surface area (Å²) in [4.78, 5) is 12.7. The Kier molecular flexibility index (Phi) is 4.13. The summed E-state index contributed by atoms with van der Waals surface area (Å²) in [5.41, 5.74) is -1.82. The number of furan rings is 1. The largest absolute Gasteiger partial charge is 0.481 e. The smallest absolute Gasteiger partial charge is 0.406 e. The Labute approximate surface area is 136 Å². The van der Waals surface area contributed by atoms with Crippen molar-refractivity contribution in [2.45, 2.75) is 19.1 Å². The van der Waals surface area contributed by atoms with Crippen LogP contribution in [0.25, 0.3) is 11.3 Å². The van der Waals surface area contributed by atoms with Crippen molar-refractivity contribution in [2.24, 2.45) is 5.41 Å². The predicted molar refractivity (Wildman–Crippen MR) is 80.2 cm³/mol. The summed E-state index contributed by atoms with van der Waals surface area (Å²) in [6.07, 6.45) is -5.22. The Morgan fingerprint density at radius 2 is 1.92 bits per heavy atom. The van der Waals surface area contributed by atoms with Gasteiger partial charge in [-0.1, -0.05) is 30.3 Å². The molecule has 3 rings (SSSR count). The van der Waals surface area contributed by atoms with E-state index in [1.54, 1.807) is 12.1 Å². The van der Waals surface area contributed by atoms with Gasteiger partial charge < -0.3 is 9.52 Å². The molecule has 2 aromatic rings. The second kappa shape index (κ2) is 5.98. The van der Waals surface area contributed by atoms with E-state index in [1.807, 2.05) is 30.3 Å². The molecule has 1 fully saturated rings. The zero-order valence-electron chi connectivity index (χ0n) is 12.7. The Bertz CT molecular complexity index is 726. The van der Waals surface area contributed by atoms with Gasteiger partial charge in [0.05, 0.1) is 6.54 Å². The van der Waals surface area contributed by atoms with Gasteiger partial charge in [-0.05, 0) is 18.6 Å². The summed E-state index contributed by atoms with van der Waals surface area (Å²) in [6.45, 7) is -0.349. The van der Waals surface area contributed by atoms with E-state index in [0.29, 0.717) is 11.5 Å². The average molecular weight is 339 g/mol. The van der Waals surface area contributed by atoms with Gasteiger partial charge in [-0.15, -0.1) is 0 Å². The lowest BCUT2D eigenvalue weighted by Crippen LogP contribution is -2.47. The molecule has 0 radical (unpaired) electrons. The highest BCUT2D eigenvalue weighted by atomic mass is 19.4. The number of rotatable bonds is 4. The van der Waals surface area contributed by atoms with Gasteiger partial charge in [0.25, 0.3) is 0 Å². The molecule has 1 atom stereocenters. The van der Waals surface area contributed by atoms with Crippen molar-refractivity contribution in [1.82, 2.24) is 4.90 Å². The van der Waals surface area contributed by atoms with E-state index in [-0.39, 0.29) is 13.1 Å². The third-order valence-corrected chi connectivity index (χ3v) is 4.40. The number of likely N-dealkylation sites (tertiary alicyclic amines) is 1. The van der Waals surface area contributed by atoms with Crippen molar-refractivity contribution in [1.29, 1.82) is 0 Å². The summed E-state index contributed by atoms with van der Waals surface area (Å²) in [5.74, 6) is -0.677. The first-order valence-corrected chi connectivity index (χ1v) is 7.48. The molecule has 1 aliphatic rings. The van der Waals surface area contributed by atoms with Crippen LogP contribution in [0.1, 0.15) is 12.2 Å². The molecule has 1 aromatic carbocycles. The number of benzene rings is 1. The minimum atomic E-state index is -4.77. The first-order valence-electron chi connectivity index (χ1n) is 7.48. The molecule has 1 saturated heterocycles. The molecule has 0 bridgehead atoms. The van der Waals surface area contributed by atoms with E-state index in [4.69, 9.17) is 9.52 Å². The van der Waals surface area contributed by atoms with Crippen LogP contribution in [0, 0.1) is 5.41 Å². The van der Waals surface area contributed by atoms with E-state index in [9.17, 15) is 18.0 Å². The zero-order valence-corrected chi connectivity index (χ0v) is 12.7. The standard InChI is InChI=1S/C17H16F3NO3/c18-17(19,20)16(15(22)23)8-9-21(11-16)10-13-6-7-14(24-13)12-4-2-1-3-5-12/h1-7H,8-11H2,(H,22,23).